The van der Waals surface area contributed by atoms with Crippen molar-refractivity contribution in [1.29, 1.82) is 0 Å². The van der Waals surface area contributed by atoms with E-state index in [0.29, 0.717) is 12.1 Å². The summed E-state index contributed by atoms with van der Waals surface area (Å²) in [4.78, 5) is 22.7. The Morgan fingerprint density at radius 1 is 1.35 bits per heavy atom. The van der Waals surface area contributed by atoms with Crippen molar-refractivity contribution < 1.29 is 19.1 Å². The molecule has 0 radical (unpaired) electrons. The van der Waals surface area contributed by atoms with Gasteiger partial charge in [0.15, 0.2) is 6.10 Å². The molecule has 108 valence electrons. The molecule has 1 aromatic carbocycles. The zero-order valence-electron chi connectivity index (χ0n) is 11.9. The maximum atomic E-state index is 11.9. The highest BCUT2D eigenvalue weighted by Gasteiger charge is 2.24. The molecule has 1 aliphatic heterocycles. The molecule has 0 aromatic heterocycles. The molecule has 1 N–H and O–H groups in total. The summed E-state index contributed by atoms with van der Waals surface area (Å²) in [5.41, 5.74) is 1.70. The van der Waals surface area contributed by atoms with Crippen LogP contribution in [0.2, 0.25) is 0 Å². The molecule has 1 unspecified atom stereocenters. The Morgan fingerprint density at radius 3 is 2.50 bits per heavy atom. The lowest BCUT2D eigenvalue weighted by atomic mass is 9.87. The zero-order valence-corrected chi connectivity index (χ0v) is 11.9. The first kappa shape index (κ1) is 14.4. The third-order valence-corrected chi connectivity index (χ3v) is 3.13. The largest absolute Gasteiger partial charge is 0.458 e. The van der Waals surface area contributed by atoms with Crippen LogP contribution in [0.3, 0.4) is 0 Å². The Morgan fingerprint density at radius 2 is 2.00 bits per heavy atom. The fourth-order valence-electron chi connectivity index (χ4n) is 1.88. The lowest BCUT2D eigenvalue weighted by Crippen LogP contribution is -2.22. The molecule has 1 amide bonds. The van der Waals surface area contributed by atoms with Gasteiger partial charge in [0.1, 0.15) is 6.61 Å². The Balaban J connectivity index is 1.91. The maximum absolute atomic E-state index is 11.9. The fraction of sp³-hybridized carbons (Fsp3) is 0.467. The number of esters is 1. The van der Waals surface area contributed by atoms with Crippen molar-refractivity contribution in [2.75, 3.05) is 13.2 Å². The second-order valence-electron chi connectivity index (χ2n) is 5.83. The summed E-state index contributed by atoms with van der Waals surface area (Å²) in [5.74, 6) is -0.409. The van der Waals surface area contributed by atoms with Gasteiger partial charge in [-0.1, -0.05) is 32.9 Å². The first-order chi connectivity index (χ1) is 9.36. The van der Waals surface area contributed by atoms with Gasteiger partial charge in [-0.15, -0.1) is 0 Å². The number of hydrogen-bond donors (Lipinski definition) is 1. The number of alkyl carbamates (subject to hydrolysis) is 1. The van der Waals surface area contributed by atoms with Crippen molar-refractivity contribution in [3.63, 3.8) is 0 Å². The van der Waals surface area contributed by atoms with E-state index < -0.39 is 18.2 Å². The van der Waals surface area contributed by atoms with E-state index >= 15 is 0 Å². The molecule has 1 heterocycles. The molecule has 1 saturated heterocycles. The lowest BCUT2D eigenvalue weighted by molar-refractivity contribution is 0.0300. The van der Waals surface area contributed by atoms with Crippen LogP contribution in [0.5, 0.6) is 0 Å². The third-order valence-electron chi connectivity index (χ3n) is 3.13. The normalized spacial score (nSPS) is 18.4. The van der Waals surface area contributed by atoms with Gasteiger partial charge >= 0.3 is 12.1 Å². The van der Waals surface area contributed by atoms with Crippen molar-refractivity contribution in [2.45, 2.75) is 32.3 Å². The van der Waals surface area contributed by atoms with Crippen molar-refractivity contribution in [1.82, 2.24) is 5.32 Å². The van der Waals surface area contributed by atoms with E-state index in [0.717, 1.165) is 5.56 Å². The minimum Gasteiger partial charge on any atom is -0.458 e. The number of benzene rings is 1. The SMILES string of the molecule is CC(C)(C)c1ccc(C(=O)OCC2CNC(=O)O2)cc1. The van der Waals surface area contributed by atoms with Crippen LogP contribution in [0.15, 0.2) is 24.3 Å². The predicted molar refractivity (Wildman–Crippen MR) is 73.7 cm³/mol. The second-order valence-corrected chi connectivity index (χ2v) is 5.83. The van der Waals surface area contributed by atoms with Gasteiger partial charge in [-0.25, -0.2) is 9.59 Å². The number of rotatable bonds is 3. The van der Waals surface area contributed by atoms with Crippen LogP contribution >= 0.6 is 0 Å². The molecular formula is C15H19NO4. The number of ether oxygens (including phenoxy) is 2. The Hall–Kier alpha value is -2.04. The lowest BCUT2D eigenvalue weighted by Gasteiger charge is -2.19. The first-order valence-corrected chi connectivity index (χ1v) is 6.58. The van der Waals surface area contributed by atoms with E-state index in [4.69, 9.17) is 9.47 Å². The molecule has 1 aliphatic rings. The summed E-state index contributed by atoms with van der Waals surface area (Å²) >= 11 is 0. The van der Waals surface area contributed by atoms with Crippen molar-refractivity contribution in [3.05, 3.63) is 35.4 Å². The average molecular weight is 277 g/mol. The highest BCUT2D eigenvalue weighted by Crippen LogP contribution is 2.22. The van der Waals surface area contributed by atoms with Crippen LogP contribution in [0, 0.1) is 0 Å². The molecule has 5 heteroatoms. The Bertz CT molecular complexity index is 502. The summed E-state index contributed by atoms with van der Waals surface area (Å²) in [6.45, 7) is 6.78. The van der Waals surface area contributed by atoms with Crippen molar-refractivity contribution >= 4 is 12.1 Å². The monoisotopic (exact) mass is 277 g/mol. The summed E-state index contributed by atoms with van der Waals surface area (Å²) in [7, 11) is 0. The van der Waals surface area contributed by atoms with Gasteiger partial charge < -0.3 is 14.8 Å². The number of hydrogen-bond acceptors (Lipinski definition) is 4. The van der Waals surface area contributed by atoms with Crippen molar-refractivity contribution in [3.8, 4) is 0 Å². The third kappa shape index (κ3) is 3.50. The molecule has 1 aromatic rings. The zero-order chi connectivity index (χ0) is 14.8. The van der Waals surface area contributed by atoms with Gasteiger partial charge in [-0.3, -0.25) is 0 Å². The van der Waals surface area contributed by atoms with Gasteiger partial charge in [0.05, 0.1) is 12.1 Å². The molecular weight excluding hydrogens is 258 g/mol. The average Bonchev–Trinajstić information content (AvgIpc) is 2.81. The predicted octanol–water partition coefficient (Wildman–Crippen LogP) is 2.25. The summed E-state index contributed by atoms with van der Waals surface area (Å²) < 4.78 is 10.0. The maximum Gasteiger partial charge on any atom is 0.407 e. The quantitative estimate of drug-likeness (QED) is 0.861. The molecule has 5 nitrogen and oxygen atoms in total. The number of nitrogens with one attached hydrogen (secondary N) is 1. The van der Waals surface area contributed by atoms with E-state index in [2.05, 4.69) is 26.1 Å². The van der Waals surface area contributed by atoms with Crippen LogP contribution in [-0.2, 0) is 14.9 Å². The minimum absolute atomic E-state index is 0.0478. The molecule has 0 saturated carbocycles. The second kappa shape index (κ2) is 5.53. The van der Waals surface area contributed by atoms with Gasteiger partial charge in [0.2, 0.25) is 0 Å². The number of carbonyl (C=O) groups is 2. The van der Waals surface area contributed by atoms with Crippen molar-refractivity contribution in [2.24, 2.45) is 0 Å². The van der Waals surface area contributed by atoms with Crippen LogP contribution in [0.25, 0.3) is 0 Å². The van der Waals surface area contributed by atoms with Gasteiger partial charge in [-0.2, -0.15) is 0 Å². The molecule has 0 bridgehead atoms. The molecule has 0 aliphatic carbocycles. The van der Waals surface area contributed by atoms with E-state index in [9.17, 15) is 9.59 Å². The van der Waals surface area contributed by atoms with E-state index in [-0.39, 0.29) is 12.0 Å². The molecule has 2 rings (SSSR count). The van der Waals surface area contributed by atoms with Crippen LogP contribution in [0.4, 0.5) is 4.79 Å². The first-order valence-electron chi connectivity index (χ1n) is 6.58. The molecule has 0 spiro atoms. The highest BCUT2D eigenvalue weighted by molar-refractivity contribution is 5.89. The Kier molecular flexibility index (Phi) is 3.97. The summed E-state index contributed by atoms with van der Waals surface area (Å²) in [6, 6.07) is 7.35. The standard InChI is InChI=1S/C15H19NO4/c1-15(2,3)11-6-4-10(5-7-11)13(17)19-9-12-8-16-14(18)20-12/h4-7,12H,8-9H2,1-3H3,(H,16,18). The Labute approximate surface area is 118 Å². The van der Waals surface area contributed by atoms with Crippen LogP contribution in [0.1, 0.15) is 36.7 Å². The van der Waals surface area contributed by atoms with Crippen LogP contribution < -0.4 is 5.32 Å². The highest BCUT2D eigenvalue weighted by atomic mass is 16.6. The molecule has 1 fully saturated rings. The molecule has 20 heavy (non-hydrogen) atoms. The number of amides is 1. The smallest absolute Gasteiger partial charge is 0.407 e. The van der Waals surface area contributed by atoms with E-state index in [1.165, 1.54) is 0 Å². The van der Waals surface area contributed by atoms with Crippen LogP contribution in [-0.4, -0.2) is 31.3 Å². The topological polar surface area (TPSA) is 64.6 Å². The van der Waals surface area contributed by atoms with Gasteiger partial charge in [0.25, 0.3) is 0 Å². The minimum atomic E-state index is -0.472. The number of carbonyl (C=O) groups excluding carboxylic acids is 2. The van der Waals surface area contributed by atoms with E-state index in [1.807, 2.05) is 12.1 Å². The van der Waals surface area contributed by atoms with Gasteiger partial charge in [-0.05, 0) is 23.1 Å². The fourth-order valence-corrected chi connectivity index (χ4v) is 1.88. The summed E-state index contributed by atoms with van der Waals surface area (Å²) in [6.07, 6.45) is -0.874. The summed E-state index contributed by atoms with van der Waals surface area (Å²) in [5, 5.41) is 2.50. The number of cyclic esters (lactones) is 1. The molecule has 1 atom stereocenters. The van der Waals surface area contributed by atoms with E-state index in [1.54, 1.807) is 12.1 Å². The van der Waals surface area contributed by atoms with Gasteiger partial charge in [0, 0.05) is 0 Å².